The van der Waals surface area contributed by atoms with Crippen molar-refractivity contribution < 1.29 is 23.1 Å². The van der Waals surface area contributed by atoms with Gasteiger partial charge in [-0.25, -0.2) is 12.7 Å². The minimum absolute atomic E-state index is 0.0160. The lowest BCUT2D eigenvalue weighted by Crippen LogP contribution is -2.47. The van der Waals surface area contributed by atoms with Crippen molar-refractivity contribution in [1.29, 1.82) is 0 Å². The van der Waals surface area contributed by atoms with Crippen molar-refractivity contribution in [3.05, 3.63) is 0 Å². The highest BCUT2D eigenvalue weighted by Crippen LogP contribution is 2.16. The van der Waals surface area contributed by atoms with Gasteiger partial charge in [0.25, 0.3) is 0 Å². The number of carboxylic acids is 1. The Bertz CT molecular complexity index is 467. The summed E-state index contributed by atoms with van der Waals surface area (Å²) < 4.78 is 25.5. The van der Waals surface area contributed by atoms with Crippen molar-refractivity contribution in [2.75, 3.05) is 18.8 Å². The number of carboxylic acid groups (broad SMARTS) is 1. The van der Waals surface area contributed by atoms with E-state index in [2.05, 4.69) is 5.32 Å². The van der Waals surface area contributed by atoms with E-state index in [1.54, 1.807) is 0 Å². The van der Waals surface area contributed by atoms with Crippen molar-refractivity contribution in [3.8, 4) is 0 Å². The van der Waals surface area contributed by atoms with E-state index in [-0.39, 0.29) is 36.5 Å². The van der Waals surface area contributed by atoms with E-state index in [1.165, 1.54) is 4.31 Å². The van der Waals surface area contributed by atoms with Gasteiger partial charge in [0.2, 0.25) is 15.9 Å². The summed E-state index contributed by atoms with van der Waals surface area (Å²) in [5, 5.41) is 11.4. The number of rotatable bonds is 7. The van der Waals surface area contributed by atoms with Crippen LogP contribution in [0.4, 0.5) is 0 Å². The van der Waals surface area contributed by atoms with Gasteiger partial charge in [-0.3, -0.25) is 9.59 Å². The van der Waals surface area contributed by atoms with Gasteiger partial charge in [0.15, 0.2) is 0 Å². The number of carbonyl (C=O) groups excluding carboxylic acids is 1. The molecule has 7 nitrogen and oxygen atoms in total. The molecular weight excluding hydrogens is 296 g/mol. The molecule has 0 spiro atoms. The predicted octanol–water partition coefficient (Wildman–Crippen LogP) is 0.418. The number of sulfonamides is 1. The van der Waals surface area contributed by atoms with E-state index in [1.807, 2.05) is 13.8 Å². The van der Waals surface area contributed by atoms with E-state index in [9.17, 15) is 18.0 Å². The summed E-state index contributed by atoms with van der Waals surface area (Å²) in [7, 11) is -3.39. The summed E-state index contributed by atoms with van der Waals surface area (Å²) in [6.07, 6.45) is 1.18. The molecule has 2 N–H and O–H groups in total. The second-order valence-corrected chi connectivity index (χ2v) is 7.74. The molecule has 0 bridgehead atoms. The van der Waals surface area contributed by atoms with Crippen molar-refractivity contribution in [3.63, 3.8) is 0 Å². The van der Waals surface area contributed by atoms with E-state index < -0.39 is 16.0 Å². The quantitative estimate of drug-likeness (QED) is 0.707. The number of nitrogens with zero attached hydrogens (tertiary/aromatic N) is 1. The molecule has 0 saturated carbocycles. The molecule has 0 aromatic rings. The van der Waals surface area contributed by atoms with Crippen molar-refractivity contribution in [2.45, 2.75) is 45.6 Å². The Labute approximate surface area is 125 Å². The van der Waals surface area contributed by atoms with Crippen molar-refractivity contribution >= 4 is 21.9 Å². The molecule has 1 heterocycles. The standard InChI is InChI=1S/C13H24N2O5S/c1-10(2)13(18)14-11-5-7-15(8-6-11)21(19,20)9-3-4-12(16)17/h10-11H,3-9H2,1-2H3,(H,14,18)(H,16,17). The molecule has 0 unspecified atom stereocenters. The molecule has 0 atom stereocenters. The summed E-state index contributed by atoms with van der Waals surface area (Å²) >= 11 is 0. The maximum absolute atomic E-state index is 12.0. The molecule has 1 rings (SSSR count). The fraction of sp³-hybridized carbons (Fsp3) is 0.846. The number of carbonyl (C=O) groups is 2. The third-order valence-corrected chi connectivity index (χ3v) is 5.47. The van der Waals surface area contributed by atoms with Gasteiger partial charge < -0.3 is 10.4 Å². The third kappa shape index (κ3) is 6.01. The van der Waals surface area contributed by atoms with Crippen LogP contribution in [0, 0.1) is 5.92 Å². The highest BCUT2D eigenvalue weighted by atomic mass is 32.2. The van der Waals surface area contributed by atoms with Crippen LogP contribution in [0.5, 0.6) is 0 Å². The number of hydrogen-bond donors (Lipinski definition) is 2. The first-order chi connectivity index (χ1) is 9.72. The van der Waals surface area contributed by atoms with Crippen LogP contribution in [0.15, 0.2) is 0 Å². The maximum atomic E-state index is 12.0. The fourth-order valence-electron chi connectivity index (χ4n) is 2.18. The molecule has 0 aliphatic carbocycles. The topological polar surface area (TPSA) is 104 Å². The lowest BCUT2D eigenvalue weighted by molar-refractivity contribution is -0.137. The molecule has 0 aromatic heterocycles. The van der Waals surface area contributed by atoms with Crippen molar-refractivity contribution in [1.82, 2.24) is 9.62 Å². The van der Waals surface area contributed by atoms with Crippen LogP contribution in [0.1, 0.15) is 39.5 Å². The minimum Gasteiger partial charge on any atom is -0.481 e. The number of aliphatic carboxylic acids is 1. The Kier molecular flexibility index (Phi) is 6.60. The van der Waals surface area contributed by atoms with Gasteiger partial charge in [-0.2, -0.15) is 0 Å². The molecule has 122 valence electrons. The van der Waals surface area contributed by atoms with Gasteiger partial charge in [-0.15, -0.1) is 0 Å². The zero-order valence-corrected chi connectivity index (χ0v) is 13.4. The van der Waals surface area contributed by atoms with Crippen LogP contribution in [0.2, 0.25) is 0 Å². The van der Waals surface area contributed by atoms with Crippen LogP contribution in [-0.4, -0.2) is 54.6 Å². The monoisotopic (exact) mass is 320 g/mol. The zero-order chi connectivity index (χ0) is 16.0. The highest BCUT2D eigenvalue weighted by Gasteiger charge is 2.28. The SMILES string of the molecule is CC(C)C(=O)NC1CCN(S(=O)(=O)CCCC(=O)O)CC1. The summed E-state index contributed by atoms with van der Waals surface area (Å²) in [6, 6.07) is 0.0189. The lowest BCUT2D eigenvalue weighted by atomic mass is 10.1. The van der Waals surface area contributed by atoms with Crippen molar-refractivity contribution in [2.24, 2.45) is 5.92 Å². The van der Waals surface area contributed by atoms with Gasteiger partial charge in [0, 0.05) is 31.5 Å². The Morgan fingerprint density at radius 2 is 1.86 bits per heavy atom. The van der Waals surface area contributed by atoms with Gasteiger partial charge in [-0.1, -0.05) is 13.8 Å². The van der Waals surface area contributed by atoms with Crippen LogP contribution in [-0.2, 0) is 19.6 Å². The van der Waals surface area contributed by atoms with E-state index in [4.69, 9.17) is 5.11 Å². The second-order valence-electron chi connectivity index (χ2n) is 5.65. The molecule has 21 heavy (non-hydrogen) atoms. The summed E-state index contributed by atoms with van der Waals surface area (Å²) in [5.74, 6) is -1.22. The molecule has 0 radical (unpaired) electrons. The molecule has 1 aliphatic heterocycles. The molecule has 0 aromatic carbocycles. The molecule has 8 heteroatoms. The van der Waals surface area contributed by atoms with Gasteiger partial charge >= 0.3 is 5.97 Å². The van der Waals surface area contributed by atoms with Crippen LogP contribution >= 0.6 is 0 Å². The van der Waals surface area contributed by atoms with E-state index in [0.717, 1.165) is 0 Å². The zero-order valence-electron chi connectivity index (χ0n) is 12.5. The van der Waals surface area contributed by atoms with Gasteiger partial charge in [-0.05, 0) is 19.3 Å². The first-order valence-electron chi connectivity index (χ1n) is 7.22. The number of hydrogen-bond acceptors (Lipinski definition) is 4. The Hall–Kier alpha value is -1.15. The average molecular weight is 320 g/mol. The highest BCUT2D eigenvalue weighted by molar-refractivity contribution is 7.89. The largest absolute Gasteiger partial charge is 0.481 e. The van der Waals surface area contributed by atoms with E-state index in [0.29, 0.717) is 25.9 Å². The Morgan fingerprint density at radius 3 is 2.33 bits per heavy atom. The molecule has 1 amide bonds. The number of amides is 1. The number of piperidine rings is 1. The van der Waals surface area contributed by atoms with Gasteiger partial charge in [0.05, 0.1) is 5.75 Å². The van der Waals surface area contributed by atoms with Crippen LogP contribution in [0.3, 0.4) is 0 Å². The predicted molar refractivity (Wildman–Crippen MR) is 78.2 cm³/mol. The normalized spacial score (nSPS) is 17.9. The summed E-state index contributed by atoms with van der Waals surface area (Å²) in [6.45, 7) is 4.38. The molecular formula is C13H24N2O5S. The second kappa shape index (κ2) is 7.74. The molecule has 1 saturated heterocycles. The Balaban J connectivity index is 2.41. The Morgan fingerprint density at radius 1 is 1.29 bits per heavy atom. The fourth-order valence-corrected chi connectivity index (χ4v) is 3.72. The average Bonchev–Trinajstić information content (AvgIpc) is 2.38. The minimum atomic E-state index is -3.39. The maximum Gasteiger partial charge on any atom is 0.303 e. The summed E-state index contributed by atoms with van der Waals surface area (Å²) in [5.41, 5.74) is 0. The summed E-state index contributed by atoms with van der Waals surface area (Å²) in [4.78, 5) is 22.0. The van der Waals surface area contributed by atoms with Gasteiger partial charge in [0.1, 0.15) is 0 Å². The van der Waals surface area contributed by atoms with Crippen LogP contribution < -0.4 is 5.32 Å². The smallest absolute Gasteiger partial charge is 0.303 e. The first-order valence-corrected chi connectivity index (χ1v) is 8.83. The first kappa shape index (κ1) is 17.9. The van der Waals surface area contributed by atoms with Crippen LogP contribution in [0.25, 0.3) is 0 Å². The third-order valence-electron chi connectivity index (χ3n) is 3.51. The van der Waals surface area contributed by atoms with E-state index >= 15 is 0 Å². The molecule has 1 aliphatic rings. The lowest BCUT2D eigenvalue weighted by Gasteiger charge is -2.32. The number of nitrogens with one attached hydrogen (secondary N) is 1. The molecule has 1 fully saturated rings.